The number of carboxylic acid groups (broad SMARTS) is 1. The third-order valence-electron chi connectivity index (χ3n) is 2.09. The minimum atomic E-state index is -4.23. The maximum Gasteiger partial charge on any atom is 0.345 e. The monoisotopic (exact) mass is 321 g/mol. The molecule has 2 amide bonds. The van der Waals surface area contributed by atoms with Gasteiger partial charge >= 0.3 is 5.97 Å². The predicted octanol–water partition coefficient (Wildman–Crippen LogP) is -1.59. The molecule has 0 aliphatic heterocycles. The summed E-state index contributed by atoms with van der Waals surface area (Å²) in [5.41, 5.74) is 9.82. The van der Waals surface area contributed by atoms with Crippen LogP contribution in [0, 0.1) is 0 Å². The number of hydrogen-bond acceptors (Lipinski definition) is 6. The molecule has 0 spiro atoms. The van der Waals surface area contributed by atoms with Crippen LogP contribution in [0.4, 0.5) is 0 Å². The van der Waals surface area contributed by atoms with Gasteiger partial charge in [0, 0.05) is 5.38 Å². The summed E-state index contributed by atoms with van der Waals surface area (Å²) in [5.74, 6) is -3.22. The van der Waals surface area contributed by atoms with Crippen LogP contribution in [-0.4, -0.2) is 48.7 Å². The Hall–Kier alpha value is -1.98. The molecule has 20 heavy (non-hydrogen) atoms. The molecular weight excluding hydrogens is 310 g/mol. The lowest BCUT2D eigenvalue weighted by Gasteiger charge is -2.18. The first-order valence-electron chi connectivity index (χ1n) is 5.03. The molecule has 110 valence electrons. The van der Waals surface area contributed by atoms with E-state index in [-0.39, 0.29) is 9.77 Å². The first kappa shape index (κ1) is 16.1. The van der Waals surface area contributed by atoms with Crippen molar-refractivity contribution in [1.82, 2.24) is 4.31 Å². The summed E-state index contributed by atoms with van der Waals surface area (Å²) in [4.78, 5) is 31.9. The summed E-state index contributed by atoms with van der Waals surface area (Å²) in [6.45, 7) is -1.47. The number of nitrogens with zero attached hydrogens (tertiary/aromatic N) is 1. The third kappa shape index (κ3) is 3.76. The molecule has 0 atom stereocenters. The van der Waals surface area contributed by atoms with Crippen LogP contribution in [0.3, 0.4) is 0 Å². The highest BCUT2D eigenvalue weighted by Crippen LogP contribution is 2.22. The van der Waals surface area contributed by atoms with Gasteiger partial charge in [-0.1, -0.05) is 0 Å². The van der Waals surface area contributed by atoms with Crippen molar-refractivity contribution in [3.05, 3.63) is 16.3 Å². The molecule has 0 bridgehead atoms. The van der Waals surface area contributed by atoms with Crippen LogP contribution in [-0.2, 0) is 19.6 Å². The molecule has 1 aromatic rings. The zero-order valence-electron chi connectivity index (χ0n) is 9.98. The summed E-state index contributed by atoms with van der Waals surface area (Å²) in [6.07, 6.45) is 0. The molecule has 1 rings (SSSR count). The van der Waals surface area contributed by atoms with Crippen molar-refractivity contribution in [2.24, 2.45) is 11.5 Å². The van der Waals surface area contributed by atoms with Crippen LogP contribution >= 0.6 is 11.3 Å². The van der Waals surface area contributed by atoms with Crippen molar-refractivity contribution >= 4 is 39.1 Å². The van der Waals surface area contributed by atoms with Crippen LogP contribution in [0.1, 0.15) is 9.67 Å². The van der Waals surface area contributed by atoms with Gasteiger partial charge in [0.15, 0.2) is 0 Å². The fourth-order valence-corrected chi connectivity index (χ4v) is 3.76. The lowest BCUT2D eigenvalue weighted by molar-refractivity contribution is -0.120. The number of sulfonamides is 1. The van der Waals surface area contributed by atoms with Gasteiger partial charge in [0.05, 0.1) is 18.0 Å². The number of carbonyl (C=O) groups excluding carboxylic acids is 2. The van der Waals surface area contributed by atoms with Gasteiger partial charge < -0.3 is 16.6 Å². The van der Waals surface area contributed by atoms with Gasteiger partial charge in [0.25, 0.3) is 0 Å². The molecule has 0 aromatic carbocycles. The quantitative estimate of drug-likeness (QED) is 0.548. The van der Waals surface area contributed by atoms with Gasteiger partial charge in [-0.2, -0.15) is 4.31 Å². The second kappa shape index (κ2) is 5.98. The molecule has 11 heteroatoms. The lowest BCUT2D eigenvalue weighted by Crippen LogP contribution is -2.43. The zero-order valence-corrected chi connectivity index (χ0v) is 11.6. The van der Waals surface area contributed by atoms with Crippen molar-refractivity contribution in [2.45, 2.75) is 4.90 Å². The van der Waals surface area contributed by atoms with E-state index in [1.165, 1.54) is 0 Å². The molecule has 0 unspecified atom stereocenters. The Morgan fingerprint density at radius 2 is 1.70 bits per heavy atom. The SMILES string of the molecule is NC(=O)CN(CC(N)=O)S(=O)(=O)c1csc(C(=O)O)c1. The van der Waals surface area contributed by atoms with Crippen LogP contribution in [0.2, 0.25) is 0 Å². The van der Waals surface area contributed by atoms with Crippen molar-refractivity contribution in [3.8, 4) is 0 Å². The van der Waals surface area contributed by atoms with Gasteiger partial charge in [-0.3, -0.25) is 9.59 Å². The third-order valence-corrected chi connectivity index (χ3v) is 4.93. The Morgan fingerprint density at radius 1 is 1.20 bits per heavy atom. The number of thiophene rings is 1. The average molecular weight is 321 g/mol. The van der Waals surface area contributed by atoms with E-state index >= 15 is 0 Å². The zero-order chi connectivity index (χ0) is 15.5. The van der Waals surface area contributed by atoms with Gasteiger partial charge in [0.2, 0.25) is 21.8 Å². The number of amides is 2. The first-order valence-corrected chi connectivity index (χ1v) is 7.35. The van der Waals surface area contributed by atoms with E-state index < -0.39 is 40.9 Å². The summed E-state index contributed by atoms with van der Waals surface area (Å²) >= 11 is 0.702. The molecule has 9 nitrogen and oxygen atoms in total. The first-order chi connectivity index (χ1) is 9.14. The van der Waals surface area contributed by atoms with Crippen LogP contribution < -0.4 is 11.5 Å². The van der Waals surface area contributed by atoms with Crippen molar-refractivity contribution in [2.75, 3.05) is 13.1 Å². The van der Waals surface area contributed by atoms with E-state index in [2.05, 4.69) is 0 Å². The average Bonchev–Trinajstić information content (AvgIpc) is 2.76. The minimum absolute atomic E-state index is 0.193. The Balaban J connectivity index is 3.16. The Labute approximate surface area is 117 Å². The van der Waals surface area contributed by atoms with Gasteiger partial charge in [0.1, 0.15) is 4.88 Å². The molecular formula is C9H11N3O6S2. The number of hydrogen-bond donors (Lipinski definition) is 3. The molecule has 1 heterocycles. The largest absolute Gasteiger partial charge is 0.477 e. The van der Waals surface area contributed by atoms with E-state index in [0.717, 1.165) is 11.4 Å². The molecule has 1 aromatic heterocycles. The Kier molecular flexibility index (Phi) is 4.81. The number of primary amides is 2. The molecule has 0 fully saturated rings. The molecule has 0 radical (unpaired) electrons. The van der Waals surface area contributed by atoms with E-state index in [0.29, 0.717) is 15.6 Å². The summed E-state index contributed by atoms with van der Waals surface area (Å²) in [5, 5.41) is 9.84. The summed E-state index contributed by atoms with van der Waals surface area (Å²) < 4.78 is 24.8. The van der Waals surface area contributed by atoms with Gasteiger partial charge in [-0.15, -0.1) is 11.3 Å². The Morgan fingerprint density at radius 3 is 2.05 bits per heavy atom. The molecule has 0 saturated carbocycles. The number of carbonyl (C=O) groups is 3. The van der Waals surface area contributed by atoms with Crippen LogP contribution in [0.15, 0.2) is 16.3 Å². The fraction of sp³-hybridized carbons (Fsp3) is 0.222. The maximum absolute atomic E-state index is 12.2. The molecule has 5 N–H and O–H groups in total. The highest BCUT2D eigenvalue weighted by atomic mass is 32.2. The molecule has 0 aliphatic rings. The van der Waals surface area contributed by atoms with Crippen molar-refractivity contribution in [1.29, 1.82) is 0 Å². The second-order valence-electron chi connectivity index (χ2n) is 3.66. The number of nitrogens with two attached hydrogens (primary N) is 2. The Bertz CT molecular complexity index is 634. The highest BCUT2D eigenvalue weighted by Gasteiger charge is 2.29. The normalized spacial score (nSPS) is 11.4. The van der Waals surface area contributed by atoms with Crippen LogP contribution in [0.25, 0.3) is 0 Å². The predicted molar refractivity (Wildman–Crippen MR) is 68.4 cm³/mol. The molecule has 0 aliphatic carbocycles. The fourth-order valence-electron chi connectivity index (χ4n) is 1.29. The topological polar surface area (TPSA) is 161 Å². The van der Waals surface area contributed by atoms with E-state index in [1.54, 1.807) is 0 Å². The summed E-state index contributed by atoms with van der Waals surface area (Å²) in [7, 11) is -4.23. The smallest absolute Gasteiger partial charge is 0.345 e. The number of carboxylic acids is 1. The van der Waals surface area contributed by atoms with Crippen molar-refractivity contribution in [3.63, 3.8) is 0 Å². The lowest BCUT2D eigenvalue weighted by atomic mass is 10.5. The summed E-state index contributed by atoms with van der Waals surface area (Å²) in [6, 6.07) is 0.928. The van der Waals surface area contributed by atoms with E-state index in [1.807, 2.05) is 0 Å². The van der Waals surface area contributed by atoms with Crippen LogP contribution in [0.5, 0.6) is 0 Å². The van der Waals surface area contributed by atoms with E-state index in [9.17, 15) is 22.8 Å². The highest BCUT2D eigenvalue weighted by molar-refractivity contribution is 7.89. The van der Waals surface area contributed by atoms with E-state index in [4.69, 9.17) is 16.6 Å². The minimum Gasteiger partial charge on any atom is -0.477 e. The number of rotatable bonds is 7. The maximum atomic E-state index is 12.2. The van der Waals surface area contributed by atoms with Gasteiger partial charge in [-0.05, 0) is 6.07 Å². The number of aromatic carboxylic acids is 1. The van der Waals surface area contributed by atoms with Gasteiger partial charge in [-0.25, -0.2) is 13.2 Å². The van der Waals surface area contributed by atoms with Crippen molar-refractivity contribution < 1.29 is 27.9 Å². The molecule has 0 saturated heterocycles. The second-order valence-corrected chi connectivity index (χ2v) is 6.51. The standard InChI is InChI=1S/C9H11N3O6S2/c10-7(13)2-12(3-8(11)14)20(17,18)5-1-6(9(15)16)19-4-5/h1,4H,2-3H2,(H2,10,13)(H2,11,14)(H,15,16).